The van der Waals surface area contributed by atoms with Crippen LogP contribution in [0.2, 0.25) is 0 Å². The SMILES string of the molecule is CC1(C)C2C(=O)O[C@H](O[C@H]3C(=O)OCC3(C)C)C21. The van der Waals surface area contributed by atoms with Gasteiger partial charge in [-0.2, -0.15) is 0 Å². The maximum absolute atomic E-state index is 11.7. The van der Waals surface area contributed by atoms with Gasteiger partial charge in [-0.05, 0) is 5.41 Å². The lowest BCUT2D eigenvalue weighted by Crippen LogP contribution is -2.38. The number of fused-ring (bicyclic) bond motifs is 1. The molecular weight excluding hydrogens is 236 g/mol. The number of ether oxygens (including phenoxy) is 3. The largest absolute Gasteiger partial charge is 0.463 e. The number of esters is 2. The first kappa shape index (κ1) is 12.0. The molecule has 0 spiro atoms. The molecule has 3 aliphatic rings. The van der Waals surface area contributed by atoms with E-state index in [1.807, 2.05) is 27.7 Å². The predicted octanol–water partition coefficient (Wildman–Crippen LogP) is 1.11. The number of hydrogen-bond donors (Lipinski definition) is 0. The van der Waals surface area contributed by atoms with Crippen molar-refractivity contribution in [3.05, 3.63) is 0 Å². The van der Waals surface area contributed by atoms with Crippen LogP contribution in [-0.2, 0) is 23.8 Å². The van der Waals surface area contributed by atoms with Crippen molar-refractivity contribution < 1.29 is 23.8 Å². The van der Waals surface area contributed by atoms with E-state index in [4.69, 9.17) is 14.2 Å². The van der Waals surface area contributed by atoms with E-state index in [0.717, 1.165) is 0 Å². The number of rotatable bonds is 2. The molecular formula is C13H18O5. The highest BCUT2D eigenvalue weighted by atomic mass is 16.7. The van der Waals surface area contributed by atoms with E-state index in [1.165, 1.54) is 0 Å². The molecule has 1 saturated carbocycles. The second kappa shape index (κ2) is 3.26. The quantitative estimate of drug-likeness (QED) is 0.691. The van der Waals surface area contributed by atoms with Crippen LogP contribution in [-0.4, -0.2) is 30.9 Å². The molecule has 3 fully saturated rings. The first-order valence-electron chi connectivity index (χ1n) is 6.28. The summed E-state index contributed by atoms with van der Waals surface area (Å²) in [4.78, 5) is 23.3. The van der Waals surface area contributed by atoms with Gasteiger partial charge in [0.05, 0.1) is 12.5 Å². The van der Waals surface area contributed by atoms with Crippen molar-refractivity contribution in [1.29, 1.82) is 0 Å². The molecule has 3 rings (SSSR count). The maximum Gasteiger partial charge on any atom is 0.336 e. The molecule has 1 aliphatic carbocycles. The van der Waals surface area contributed by atoms with Crippen LogP contribution < -0.4 is 0 Å². The third kappa shape index (κ3) is 1.43. The van der Waals surface area contributed by atoms with E-state index in [0.29, 0.717) is 6.61 Å². The van der Waals surface area contributed by atoms with Crippen molar-refractivity contribution in [2.24, 2.45) is 22.7 Å². The van der Waals surface area contributed by atoms with Crippen molar-refractivity contribution >= 4 is 11.9 Å². The smallest absolute Gasteiger partial charge is 0.336 e. The normalized spacial score (nSPS) is 43.3. The molecule has 2 aliphatic heterocycles. The van der Waals surface area contributed by atoms with Crippen molar-refractivity contribution in [3.8, 4) is 0 Å². The van der Waals surface area contributed by atoms with Gasteiger partial charge >= 0.3 is 11.9 Å². The molecule has 18 heavy (non-hydrogen) atoms. The summed E-state index contributed by atoms with van der Waals surface area (Å²) in [7, 11) is 0. The molecule has 5 heteroatoms. The Kier molecular flexibility index (Phi) is 2.17. The van der Waals surface area contributed by atoms with Crippen LogP contribution in [0, 0.1) is 22.7 Å². The zero-order valence-corrected chi connectivity index (χ0v) is 11.1. The first-order chi connectivity index (χ1) is 8.25. The molecule has 0 radical (unpaired) electrons. The molecule has 0 aromatic carbocycles. The number of carbonyl (C=O) groups is 2. The van der Waals surface area contributed by atoms with E-state index < -0.39 is 12.4 Å². The van der Waals surface area contributed by atoms with E-state index in [-0.39, 0.29) is 34.6 Å². The van der Waals surface area contributed by atoms with Crippen LogP contribution in [0.4, 0.5) is 0 Å². The highest BCUT2D eigenvalue weighted by Crippen LogP contribution is 2.65. The zero-order valence-electron chi connectivity index (χ0n) is 11.1. The van der Waals surface area contributed by atoms with Gasteiger partial charge in [0.15, 0.2) is 6.10 Å². The average molecular weight is 254 g/mol. The Morgan fingerprint density at radius 1 is 1.17 bits per heavy atom. The summed E-state index contributed by atoms with van der Waals surface area (Å²) >= 11 is 0. The Labute approximate surface area is 106 Å². The number of cyclic esters (lactones) is 2. The molecule has 2 saturated heterocycles. The lowest BCUT2D eigenvalue weighted by molar-refractivity contribution is -0.198. The van der Waals surface area contributed by atoms with Gasteiger partial charge in [0.1, 0.15) is 0 Å². The molecule has 0 amide bonds. The fourth-order valence-electron chi connectivity index (χ4n) is 3.11. The molecule has 4 atom stereocenters. The Morgan fingerprint density at radius 3 is 2.28 bits per heavy atom. The van der Waals surface area contributed by atoms with Gasteiger partial charge in [-0.25, -0.2) is 4.79 Å². The minimum absolute atomic E-state index is 0.0641. The highest BCUT2D eigenvalue weighted by Gasteiger charge is 2.72. The monoisotopic (exact) mass is 254 g/mol. The molecule has 0 aromatic heterocycles. The minimum atomic E-state index is -0.648. The zero-order chi connectivity index (χ0) is 13.3. The average Bonchev–Trinajstić information content (AvgIpc) is 2.52. The van der Waals surface area contributed by atoms with Crippen molar-refractivity contribution in [2.75, 3.05) is 6.61 Å². The molecule has 2 unspecified atom stereocenters. The first-order valence-corrected chi connectivity index (χ1v) is 6.28. The second-order valence-corrected chi connectivity index (χ2v) is 6.74. The van der Waals surface area contributed by atoms with Crippen molar-refractivity contribution in [1.82, 2.24) is 0 Å². The molecule has 5 nitrogen and oxygen atoms in total. The molecule has 0 bridgehead atoms. The van der Waals surface area contributed by atoms with E-state index in [9.17, 15) is 9.59 Å². The lowest BCUT2D eigenvalue weighted by atomic mass is 9.90. The third-order valence-electron chi connectivity index (χ3n) is 4.47. The van der Waals surface area contributed by atoms with E-state index in [1.54, 1.807) is 0 Å². The summed E-state index contributed by atoms with van der Waals surface area (Å²) in [6, 6.07) is 0. The van der Waals surface area contributed by atoms with Crippen LogP contribution in [0.25, 0.3) is 0 Å². The fraction of sp³-hybridized carbons (Fsp3) is 0.846. The molecule has 0 aromatic rings. The highest BCUT2D eigenvalue weighted by molar-refractivity contribution is 5.81. The third-order valence-corrected chi connectivity index (χ3v) is 4.47. The van der Waals surface area contributed by atoms with Gasteiger partial charge in [0, 0.05) is 11.3 Å². The molecule has 2 heterocycles. The molecule has 0 N–H and O–H groups in total. The summed E-state index contributed by atoms with van der Waals surface area (Å²) in [5.41, 5.74) is -0.451. The van der Waals surface area contributed by atoms with Gasteiger partial charge in [-0.15, -0.1) is 0 Å². The summed E-state index contributed by atoms with van der Waals surface area (Å²) in [6.45, 7) is 8.22. The van der Waals surface area contributed by atoms with E-state index in [2.05, 4.69) is 0 Å². The van der Waals surface area contributed by atoms with Gasteiger partial charge in [-0.1, -0.05) is 27.7 Å². The van der Waals surface area contributed by atoms with Gasteiger partial charge in [-0.3, -0.25) is 4.79 Å². The summed E-state index contributed by atoms with van der Waals surface area (Å²) in [6.07, 6.45) is -1.25. The standard InChI is InChI=1S/C13H18O5/c1-12(2)5-16-10(15)8(12)17-11-7-6(9(14)18-11)13(7,3)4/h6-8,11H,5H2,1-4H3/t6?,7?,8-,11-/m0/s1. The van der Waals surface area contributed by atoms with E-state index >= 15 is 0 Å². The Balaban J connectivity index is 1.75. The summed E-state index contributed by atoms with van der Waals surface area (Å²) < 4.78 is 16.0. The maximum atomic E-state index is 11.7. The predicted molar refractivity (Wildman–Crippen MR) is 60.3 cm³/mol. The Bertz CT molecular complexity index is 425. The van der Waals surface area contributed by atoms with Crippen molar-refractivity contribution in [3.63, 3.8) is 0 Å². The van der Waals surface area contributed by atoms with Gasteiger partial charge < -0.3 is 14.2 Å². The summed E-state index contributed by atoms with van der Waals surface area (Å²) in [5.74, 6) is -0.589. The number of carbonyl (C=O) groups excluding carboxylic acids is 2. The van der Waals surface area contributed by atoms with Crippen LogP contribution >= 0.6 is 0 Å². The topological polar surface area (TPSA) is 61.8 Å². The van der Waals surface area contributed by atoms with Gasteiger partial charge in [0.2, 0.25) is 6.29 Å². The Morgan fingerprint density at radius 2 is 1.83 bits per heavy atom. The van der Waals surface area contributed by atoms with Gasteiger partial charge in [0.25, 0.3) is 0 Å². The number of hydrogen-bond acceptors (Lipinski definition) is 5. The Hall–Kier alpha value is -1.10. The van der Waals surface area contributed by atoms with Crippen molar-refractivity contribution in [2.45, 2.75) is 40.1 Å². The second-order valence-electron chi connectivity index (χ2n) is 6.74. The lowest BCUT2D eigenvalue weighted by Gasteiger charge is -2.26. The van der Waals surface area contributed by atoms with Crippen LogP contribution in [0.5, 0.6) is 0 Å². The van der Waals surface area contributed by atoms with Crippen LogP contribution in [0.3, 0.4) is 0 Å². The minimum Gasteiger partial charge on any atom is -0.463 e. The van der Waals surface area contributed by atoms with Crippen LogP contribution in [0.15, 0.2) is 0 Å². The fourth-order valence-corrected chi connectivity index (χ4v) is 3.11. The molecule has 100 valence electrons. The summed E-state index contributed by atoms with van der Waals surface area (Å²) in [5, 5.41) is 0. The van der Waals surface area contributed by atoms with Crippen LogP contribution in [0.1, 0.15) is 27.7 Å².